The number of nitrogens with one attached hydrogen (secondary N) is 1. The monoisotopic (exact) mass is 213 g/mol. The maximum atomic E-state index is 6.11. The SMILES string of the molecule is CCCOC1(CNC(C)C)CCCCC1. The zero-order valence-corrected chi connectivity index (χ0v) is 10.6. The Bertz CT molecular complexity index is 162. The summed E-state index contributed by atoms with van der Waals surface area (Å²) in [6.45, 7) is 8.55. The molecule has 0 bridgehead atoms. The number of hydrogen-bond acceptors (Lipinski definition) is 2. The maximum absolute atomic E-state index is 6.11. The molecule has 1 fully saturated rings. The molecule has 90 valence electrons. The first kappa shape index (κ1) is 13.0. The second kappa shape index (κ2) is 6.49. The first-order valence-electron chi connectivity index (χ1n) is 6.56. The van der Waals surface area contributed by atoms with Crippen LogP contribution in [0.4, 0.5) is 0 Å². The molecule has 0 aliphatic heterocycles. The van der Waals surface area contributed by atoms with Gasteiger partial charge in [0, 0.05) is 19.2 Å². The van der Waals surface area contributed by atoms with Gasteiger partial charge in [-0.25, -0.2) is 0 Å². The van der Waals surface area contributed by atoms with Crippen molar-refractivity contribution in [2.75, 3.05) is 13.2 Å². The molecule has 0 aromatic carbocycles. The van der Waals surface area contributed by atoms with Crippen molar-refractivity contribution in [3.8, 4) is 0 Å². The number of rotatable bonds is 6. The Labute approximate surface area is 94.8 Å². The highest BCUT2D eigenvalue weighted by molar-refractivity contribution is 4.87. The van der Waals surface area contributed by atoms with Crippen LogP contribution in [0.3, 0.4) is 0 Å². The van der Waals surface area contributed by atoms with Crippen LogP contribution in [0.2, 0.25) is 0 Å². The van der Waals surface area contributed by atoms with Gasteiger partial charge in [-0.3, -0.25) is 0 Å². The minimum absolute atomic E-state index is 0.151. The zero-order valence-electron chi connectivity index (χ0n) is 10.6. The Balaban J connectivity index is 2.42. The molecule has 0 heterocycles. The van der Waals surface area contributed by atoms with Gasteiger partial charge in [-0.05, 0) is 19.3 Å². The highest BCUT2D eigenvalue weighted by Crippen LogP contribution is 2.31. The van der Waals surface area contributed by atoms with E-state index in [4.69, 9.17) is 4.74 Å². The van der Waals surface area contributed by atoms with Gasteiger partial charge in [-0.2, -0.15) is 0 Å². The van der Waals surface area contributed by atoms with Gasteiger partial charge in [0.05, 0.1) is 5.60 Å². The third-order valence-corrected chi connectivity index (χ3v) is 3.21. The van der Waals surface area contributed by atoms with E-state index in [9.17, 15) is 0 Å². The molecule has 0 saturated heterocycles. The van der Waals surface area contributed by atoms with E-state index in [0.717, 1.165) is 19.6 Å². The van der Waals surface area contributed by atoms with E-state index in [1.807, 2.05) is 0 Å². The van der Waals surface area contributed by atoms with Crippen molar-refractivity contribution in [1.82, 2.24) is 5.32 Å². The normalized spacial score (nSPS) is 20.8. The summed E-state index contributed by atoms with van der Waals surface area (Å²) in [5.41, 5.74) is 0.151. The first-order chi connectivity index (χ1) is 7.18. The molecule has 0 amide bonds. The molecule has 1 saturated carbocycles. The van der Waals surface area contributed by atoms with Gasteiger partial charge in [0.2, 0.25) is 0 Å². The molecule has 15 heavy (non-hydrogen) atoms. The lowest BCUT2D eigenvalue weighted by Gasteiger charge is -2.38. The minimum atomic E-state index is 0.151. The number of hydrogen-bond donors (Lipinski definition) is 1. The topological polar surface area (TPSA) is 21.3 Å². The van der Waals surface area contributed by atoms with Crippen LogP contribution >= 0.6 is 0 Å². The van der Waals surface area contributed by atoms with Gasteiger partial charge >= 0.3 is 0 Å². The van der Waals surface area contributed by atoms with Crippen LogP contribution in [-0.2, 0) is 4.74 Å². The summed E-state index contributed by atoms with van der Waals surface area (Å²) in [4.78, 5) is 0. The van der Waals surface area contributed by atoms with Gasteiger partial charge in [-0.1, -0.05) is 40.0 Å². The molecule has 0 atom stereocenters. The van der Waals surface area contributed by atoms with Crippen molar-refractivity contribution in [2.45, 2.75) is 70.9 Å². The highest BCUT2D eigenvalue weighted by atomic mass is 16.5. The summed E-state index contributed by atoms with van der Waals surface area (Å²) < 4.78 is 6.11. The van der Waals surface area contributed by atoms with E-state index in [1.54, 1.807) is 0 Å². The zero-order chi connectivity index (χ0) is 11.1. The standard InChI is InChI=1S/C13H27NO/c1-4-10-15-13(11-14-12(2)3)8-6-5-7-9-13/h12,14H,4-11H2,1-3H3. The first-order valence-corrected chi connectivity index (χ1v) is 6.56. The average Bonchev–Trinajstić information content (AvgIpc) is 2.25. The second-order valence-corrected chi connectivity index (χ2v) is 5.13. The van der Waals surface area contributed by atoms with Crippen molar-refractivity contribution in [3.63, 3.8) is 0 Å². The molecular weight excluding hydrogens is 186 g/mol. The van der Waals surface area contributed by atoms with Crippen LogP contribution < -0.4 is 5.32 Å². The van der Waals surface area contributed by atoms with Crippen molar-refractivity contribution in [3.05, 3.63) is 0 Å². The smallest absolute Gasteiger partial charge is 0.0806 e. The molecule has 1 rings (SSSR count). The fourth-order valence-electron chi connectivity index (χ4n) is 2.28. The summed E-state index contributed by atoms with van der Waals surface area (Å²) in [7, 11) is 0. The highest BCUT2D eigenvalue weighted by Gasteiger charge is 2.32. The Kier molecular flexibility index (Phi) is 5.62. The van der Waals surface area contributed by atoms with Gasteiger partial charge in [-0.15, -0.1) is 0 Å². The Morgan fingerprint density at radius 2 is 1.87 bits per heavy atom. The van der Waals surface area contributed by atoms with E-state index < -0.39 is 0 Å². The van der Waals surface area contributed by atoms with Crippen LogP contribution in [0.5, 0.6) is 0 Å². The summed E-state index contributed by atoms with van der Waals surface area (Å²) in [6, 6.07) is 0.564. The Morgan fingerprint density at radius 3 is 2.40 bits per heavy atom. The summed E-state index contributed by atoms with van der Waals surface area (Å²) in [5, 5.41) is 3.54. The molecule has 1 N–H and O–H groups in total. The van der Waals surface area contributed by atoms with Crippen LogP contribution in [0, 0.1) is 0 Å². The van der Waals surface area contributed by atoms with E-state index in [2.05, 4.69) is 26.1 Å². The lowest BCUT2D eigenvalue weighted by Crippen LogP contribution is -2.46. The largest absolute Gasteiger partial charge is 0.374 e. The molecule has 0 spiro atoms. The van der Waals surface area contributed by atoms with Crippen LogP contribution in [0.25, 0.3) is 0 Å². The second-order valence-electron chi connectivity index (χ2n) is 5.13. The summed E-state index contributed by atoms with van der Waals surface area (Å²) >= 11 is 0. The van der Waals surface area contributed by atoms with Crippen LogP contribution in [0.1, 0.15) is 59.3 Å². The van der Waals surface area contributed by atoms with E-state index in [0.29, 0.717) is 6.04 Å². The van der Waals surface area contributed by atoms with Gasteiger partial charge in [0.15, 0.2) is 0 Å². The van der Waals surface area contributed by atoms with Gasteiger partial charge in [0.1, 0.15) is 0 Å². The summed E-state index contributed by atoms with van der Waals surface area (Å²) in [6.07, 6.45) is 7.68. The third-order valence-electron chi connectivity index (χ3n) is 3.21. The van der Waals surface area contributed by atoms with Crippen molar-refractivity contribution >= 4 is 0 Å². The lowest BCUT2D eigenvalue weighted by atomic mass is 9.84. The molecule has 1 aliphatic rings. The molecule has 0 unspecified atom stereocenters. The molecule has 0 aromatic heterocycles. The quantitative estimate of drug-likeness (QED) is 0.732. The lowest BCUT2D eigenvalue weighted by molar-refractivity contribution is -0.0690. The van der Waals surface area contributed by atoms with Crippen molar-refractivity contribution in [1.29, 1.82) is 0 Å². The van der Waals surface area contributed by atoms with E-state index in [1.165, 1.54) is 32.1 Å². The fourth-order valence-corrected chi connectivity index (χ4v) is 2.28. The van der Waals surface area contributed by atoms with Crippen molar-refractivity contribution in [2.24, 2.45) is 0 Å². The Morgan fingerprint density at radius 1 is 1.20 bits per heavy atom. The van der Waals surface area contributed by atoms with Gasteiger partial charge < -0.3 is 10.1 Å². The van der Waals surface area contributed by atoms with Crippen LogP contribution in [-0.4, -0.2) is 24.8 Å². The Hall–Kier alpha value is -0.0800. The third kappa shape index (κ3) is 4.52. The maximum Gasteiger partial charge on any atom is 0.0806 e. The predicted molar refractivity (Wildman–Crippen MR) is 65.2 cm³/mol. The molecule has 2 nitrogen and oxygen atoms in total. The van der Waals surface area contributed by atoms with Gasteiger partial charge in [0.25, 0.3) is 0 Å². The fraction of sp³-hybridized carbons (Fsp3) is 1.00. The minimum Gasteiger partial charge on any atom is -0.374 e. The average molecular weight is 213 g/mol. The molecular formula is C13H27NO. The molecule has 2 heteroatoms. The van der Waals surface area contributed by atoms with Crippen LogP contribution in [0.15, 0.2) is 0 Å². The van der Waals surface area contributed by atoms with E-state index in [-0.39, 0.29) is 5.60 Å². The van der Waals surface area contributed by atoms with E-state index >= 15 is 0 Å². The number of ether oxygens (including phenoxy) is 1. The molecule has 1 aliphatic carbocycles. The molecule has 0 aromatic rings. The van der Waals surface area contributed by atoms with Crippen molar-refractivity contribution < 1.29 is 4.74 Å². The molecule has 0 radical (unpaired) electrons. The predicted octanol–water partition coefficient (Wildman–Crippen LogP) is 3.11. The summed E-state index contributed by atoms with van der Waals surface area (Å²) in [5.74, 6) is 0.